The molecule has 0 spiro atoms. The van der Waals surface area contributed by atoms with Gasteiger partial charge in [0.15, 0.2) is 0 Å². The van der Waals surface area contributed by atoms with Crippen LogP contribution in [0, 0.1) is 0 Å². The molecule has 0 aromatic carbocycles. The quantitative estimate of drug-likeness (QED) is 0.572. The number of ether oxygens (including phenoxy) is 1. The molecule has 8 heteroatoms. The molecule has 0 saturated carbocycles. The number of rotatable bonds is 5. The van der Waals surface area contributed by atoms with Crippen molar-refractivity contribution in [3.05, 3.63) is 5.82 Å². The molecule has 1 saturated heterocycles. The van der Waals surface area contributed by atoms with Crippen LogP contribution in [0.4, 0.5) is 5.95 Å². The normalized spacial score (nSPS) is 16.7. The molecule has 1 fully saturated rings. The first kappa shape index (κ1) is 12.8. The van der Waals surface area contributed by atoms with Crippen molar-refractivity contribution in [1.82, 2.24) is 25.4 Å². The van der Waals surface area contributed by atoms with E-state index in [-0.39, 0.29) is 17.7 Å². The Morgan fingerprint density at radius 1 is 1.50 bits per heavy atom. The standard InChI is InChI=1S/C10H18N6O2/c11-10-13-8(14-15-10)9(17)12-2-1-3-16-4-6-18-7-5-16/h1-7H2,(H,12,17)(H3,11,13,14,15). The Morgan fingerprint density at radius 3 is 2.94 bits per heavy atom. The van der Waals surface area contributed by atoms with Gasteiger partial charge in [0.05, 0.1) is 13.2 Å². The number of anilines is 1. The second-order valence-electron chi connectivity index (χ2n) is 4.11. The summed E-state index contributed by atoms with van der Waals surface area (Å²) < 4.78 is 5.26. The first-order valence-electron chi connectivity index (χ1n) is 6.02. The lowest BCUT2D eigenvalue weighted by atomic mass is 10.3. The third kappa shape index (κ3) is 3.67. The molecule has 0 aliphatic carbocycles. The summed E-state index contributed by atoms with van der Waals surface area (Å²) in [5.74, 6) is -0.0477. The zero-order valence-electron chi connectivity index (χ0n) is 10.2. The van der Waals surface area contributed by atoms with Gasteiger partial charge in [0.2, 0.25) is 11.8 Å². The van der Waals surface area contributed by atoms with Crippen LogP contribution in [0.2, 0.25) is 0 Å². The average molecular weight is 254 g/mol. The van der Waals surface area contributed by atoms with E-state index in [2.05, 4.69) is 25.4 Å². The van der Waals surface area contributed by atoms with Gasteiger partial charge in [0.1, 0.15) is 0 Å². The number of hydrogen-bond acceptors (Lipinski definition) is 6. The molecule has 1 aliphatic rings. The Balaban J connectivity index is 1.61. The number of H-pyrrole nitrogens is 1. The molecule has 0 radical (unpaired) electrons. The minimum absolute atomic E-state index is 0.0773. The molecule has 1 amide bonds. The monoisotopic (exact) mass is 254 g/mol. The third-order valence-electron chi connectivity index (χ3n) is 2.76. The SMILES string of the molecule is Nc1n[nH]c(C(=O)NCCCN2CCOCC2)n1. The summed E-state index contributed by atoms with van der Waals surface area (Å²) in [6.45, 7) is 5.09. The maximum atomic E-state index is 11.6. The molecular weight excluding hydrogens is 236 g/mol. The summed E-state index contributed by atoms with van der Waals surface area (Å²) in [4.78, 5) is 17.6. The topological polar surface area (TPSA) is 109 Å². The van der Waals surface area contributed by atoms with Gasteiger partial charge >= 0.3 is 0 Å². The molecule has 100 valence electrons. The highest BCUT2D eigenvalue weighted by molar-refractivity contribution is 5.90. The first-order valence-corrected chi connectivity index (χ1v) is 6.02. The lowest BCUT2D eigenvalue weighted by Crippen LogP contribution is -2.38. The van der Waals surface area contributed by atoms with Crippen molar-refractivity contribution in [3.8, 4) is 0 Å². The largest absolute Gasteiger partial charge is 0.379 e. The number of carbonyl (C=O) groups excluding carboxylic acids is 1. The molecule has 0 unspecified atom stereocenters. The third-order valence-corrected chi connectivity index (χ3v) is 2.76. The smallest absolute Gasteiger partial charge is 0.288 e. The number of aromatic nitrogens is 3. The minimum Gasteiger partial charge on any atom is -0.379 e. The predicted molar refractivity (Wildman–Crippen MR) is 65.0 cm³/mol. The van der Waals surface area contributed by atoms with Gasteiger partial charge in [-0.2, -0.15) is 4.98 Å². The number of nitrogens with zero attached hydrogens (tertiary/aromatic N) is 3. The summed E-state index contributed by atoms with van der Waals surface area (Å²) in [7, 11) is 0. The molecule has 1 aromatic heterocycles. The van der Waals surface area contributed by atoms with Crippen molar-refractivity contribution in [3.63, 3.8) is 0 Å². The Morgan fingerprint density at radius 2 is 2.28 bits per heavy atom. The molecule has 8 nitrogen and oxygen atoms in total. The maximum Gasteiger partial charge on any atom is 0.288 e. The highest BCUT2D eigenvalue weighted by Crippen LogP contribution is 1.97. The van der Waals surface area contributed by atoms with Gasteiger partial charge in [0, 0.05) is 19.6 Å². The number of nitrogens with two attached hydrogens (primary N) is 1. The van der Waals surface area contributed by atoms with Gasteiger partial charge in [-0.3, -0.25) is 14.8 Å². The molecule has 4 N–H and O–H groups in total. The van der Waals surface area contributed by atoms with Gasteiger partial charge in [-0.05, 0) is 13.0 Å². The zero-order chi connectivity index (χ0) is 12.8. The van der Waals surface area contributed by atoms with Crippen LogP contribution in [0.25, 0.3) is 0 Å². The summed E-state index contributed by atoms with van der Waals surface area (Å²) in [6.07, 6.45) is 0.898. The summed E-state index contributed by atoms with van der Waals surface area (Å²) in [5.41, 5.74) is 5.32. The van der Waals surface area contributed by atoms with Crippen molar-refractivity contribution in [2.45, 2.75) is 6.42 Å². The van der Waals surface area contributed by atoms with Gasteiger partial charge in [-0.15, -0.1) is 5.10 Å². The van der Waals surface area contributed by atoms with Gasteiger partial charge in [-0.25, -0.2) is 0 Å². The van der Waals surface area contributed by atoms with Gasteiger partial charge in [0.25, 0.3) is 5.91 Å². The predicted octanol–water partition coefficient (Wildman–Crippen LogP) is -1.16. The number of aromatic amines is 1. The molecule has 2 heterocycles. The molecule has 1 aliphatic heterocycles. The highest BCUT2D eigenvalue weighted by Gasteiger charge is 2.11. The molecule has 0 atom stereocenters. The van der Waals surface area contributed by atoms with E-state index >= 15 is 0 Å². The zero-order valence-corrected chi connectivity index (χ0v) is 10.2. The van der Waals surface area contributed by atoms with Crippen molar-refractivity contribution >= 4 is 11.9 Å². The van der Waals surface area contributed by atoms with E-state index in [1.165, 1.54) is 0 Å². The maximum absolute atomic E-state index is 11.6. The van der Waals surface area contributed by atoms with E-state index < -0.39 is 0 Å². The van der Waals surface area contributed by atoms with E-state index in [4.69, 9.17) is 10.5 Å². The van der Waals surface area contributed by atoms with Crippen molar-refractivity contribution in [1.29, 1.82) is 0 Å². The van der Waals surface area contributed by atoms with Crippen molar-refractivity contribution in [2.24, 2.45) is 0 Å². The van der Waals surface area contributed by atoms with Gasteiger partial charge in [-0.1, -0.05) is 0 Å². The lowest BCUT2D eigenvalue weighted by molar-refractivity contribution is 0.0374. The number of hydrogen-bond donors (Lipinski definition) is 3. The van der Waals surface area contributed by atoms with Crippen LogP contribution in [0.15, 0.2) is 0 Å². The van der Waals surface area contributed by atoms with Crippen LogP contribution in [0.3, 0.4) is 0 Å². The second kappa shape index (κ2) is 6.31. The molecule has 18 heavy (non-hydrogen) atoms. The molecule has 1 aromatic rings. The van der Waals surface area contributed by atoms with Crippen LogP contribution in [-0.2, 0) is 4.74 Å². The first-order chi connectivity index (χ1) is 8.75. The van der Waals surface area contributed by atoms with Crippen LogP contribution in [0.1, 0.15) is 17.0 Å². The number of nitrogens with one attached hydrogen (secondary N) is 2. The van der Waals surface area contributed by atoms with Crippen LogP contribution >= 0.6 is 0 Å². The number of amides is 1. The number of nitrogen functional groups attached to an aromatic ring is 1. The summed E-state index contributed by atoms with van der Waals surface area (Å²) >= 11 is 0. The van der Waals surface area contributed by atoms with E-state index in [0.29, 0.717) is 6.54 Å². The lowest BCUT2D eigenvalue weighted by Gasteiger charge is -2.26. The Hall–Kier alpha value is -1.67. The second-order valence-corrected chi connectivity index (χ2v) is 4.11. The van der Waals surface area contributed by atoms with Crippen LogP contribution < -0.4 is 11.1 Å². The fourth-order valence-corrected chi connectivity index (χ4v) is 1.79. The number of morpholine rings is 1. The molecule has 0 bridgehead atoms. The Kier molecular flexibility index (Phi) is 4.48. The van der Waals surface area contributed by atoms with Crippen molar-refractivity contribution < 1.29 is 9.53 Å². The van der Waals surface area contributed by atoms with Crippen LogP contribution in [0.5, 0.6) is 0 Å². The average Bonchev–Trinajstić information content (AvgIpc) is 2.82. The van der Waals surface area contributed by atoms with E-state index in [9.17, 15) is 4.79 Å². The number of carbonyl (C=O) groups is 1. The highest BCUT2D eigenvalue weighted by atomic mass is 16.5. The van der Waals surface area contributed by atoms with Gasteiger partial charge < -0.3 is 15.8 Å². The summed E-state index contributed by atoms with van der Waals surface area (Å²) in [6, 6.07) is 0. The fourth-order valence-electron chi connectivity index (χ4n) is 1.79. The van der Waals surface area contributed by atoms with E-state index in [0.717, 1.165) is 39.3 Å². The van der Waals surface area contributed by atoms with Crippen molar-refractivity contribution in [2.75, 3.05) is 45.1 Å². The summed E-state index contributed by atoms with van der Waals surface area (Å²) in [5, 5.41) is 8.83. The van der Waals surface area contributed by atoms with Crippen LogP contribution in [-0.4, -0.2) is 65.4 Å². The Labute approximate surface area is 105 Å². The minimum atomic E-state index is -0.277. The molecular formula is C10H18N6O2. The van der Waals surface area contributed by atoms with E-state index in [1.807, 2.05) is 0 Å². The van der Waals surface area contributed by atoms with E-state index in [1.54, 1.807) is 0 Å². The Bertz CT molecular complexity index is 387. The molecule has 2 rings (SSSR count). The fraction of sp³-hybridized carbons (Fsp3) is 0.700.